The van der Waals surface area contributed by atoms with Gasteiger partial charge in [0.1, 0.15) is 11.6 Å². The van der Waals surface area contributed by atoms with E-state index < -0.39 is 29.8 Å². The van der Waals surface area contributed by atoms with Gasteiger partial charge in [0.2, 0.25) is 5.91 Å². The van der Waals surface area contributed by atoms with E-state index >= 15 is 0 Å². The topological polar surface area (TPSA) is 97.0 Å². The SMILES string of the molecule is CCOC(=O)N1CCC[C@@H](C(=O)NNC(=O)[C@H](C)Oc2ccc(F)cc2)C1. The van der Waals surface area contributed by atoms with Gasteiger partial charge in [-0.3, -0.25) is 20.4 Å². The molecule has 2 atom stereocenters. The van der Waals surface area contributed by atoms with Gasteiger partial charge in [0.25, 0.3) is 5.91 Å². The molecule has 1 aromatic rings. The Labute approximate surface area is 157 Å². The number of halogens is 1. The van der Waals surface area contributed by atoms with Crippen LogP contribution in [0.15, 0.2) is 24.3 Å². The zero-order chi connectivity index (χ0) is 19.8. The van der Waals surface area contributed by atoms with E-state index in [0.29, 0.717) is 25.1 Å². The van der Waals surface area contributed by atoms with Crippen LogP contribution in [-0.2, 0) is 14.3 Å². The molecule has 1 fully saturated rings. The Morgan fingerprint density at radius 3 is 2.63 bits per heavy atom. The maximum Gasteiger partial charge on any atom is 0.409 e. The predicted octanol–water partition coefficient (Wildman–Crippen LogP) is 1.61. The fourth-order valence-corrected chi connectivity index (χ4v) is 2.67. The number of rotatable bonds is 5. The molecular formula is C18H24FN3O5. The zero-order valence-corrected chi connectivity index (χ0v) is 15.4. The highest BCUT2D eigenvalue weighted by molar-refractivity contribution is 5.86. The summed E-state index contributed by atoms with van der Waals surface area (Å²) in [5.74, 6) is -1.44. The van der Waals surface area contributed by atoms with Crippen LogP contribution in [0.5, 0.6) is 5.75 Å². The second-order valence-electron chi connectivity index (χ2n) is 6.18. The molecule has 0 radical (unpaired) electrons. The summed E-state index contributed by atoms with van der Waals surface area (Å²) in [7, 11) is 0. The number of ether oxygens (including phenoxy) is 2. The van der Waals surface area contributed by atoms with E-state index in [1.54, 1.807) is 6.92 Å². The van der Waals surface area contributed by atoms with Gasteiger partial charge in [-0.1, -0.05) is 0 Å². The lowest BCUT2D eigenvalue weighted by atomic mass is 9.98. The summed E-state index contributed by atoms with van der Waals surface area (Å²) < 4.78 is 23.2. The minimum absolute atomic E-state index is 0.238. The Morgan fingerprint density at radius 1 is 1.26 bits per heavy atom. The van der Waals surface area contributed by atoms with E-state index in [4.69, 9.17) is 9.47 Å². The maximum absolute atomic E-state index is 12.9. The zero-order valence-electron chi connectivity index (χ0n) is 15.4. The van der Waals surface area contributed by atoms with Gasteiger partial charge < -0.3 is 14.4 Å². The van der Waals surface area contributed by atoms with Crippen molar-refractivity contribution in [2.45, 2.75) is 32.8 Å². The Bertz CT molecular complexity index is 667. The molecule has 0 aliphatic carbocycles. The Morgan fingerprint density at radius 2 is 1.96 bits per heavy atom. The molecule has 0 unspecified atom stereocenters. The second kappa shape index (κ2) is 9.75. The van der Waals surface area contributed by atoms with Crippen LogP contribution >= 0.6 is 0 Å². The van der Waals surface area contributed by atoms with E-state index in [0.717, 1.165) is 0 Å². The van der Waals surface area contributed by atoms with Crippen molar-refractivity contribution in [3.8, 4) is 5.75 Å². The van der Waals surface area contributed by atoms with Gasteiger partial charge in [0.05, 0.1) is 12.5 Å². The van der Waals surface area contributed by atoms with Crippen molar-refractivity contribution in [1.29, 1.82) is 0 Å². The normalized spacial score (nSPS) is 17.6. The third-order valence-corrected chi connectivity index (χ3v) is 4.12. The molecule has 1 aliphatic heterocycles. The highest BCUT2D eigenvalue weighted by Gasteiger charge is 2.29. The number of hydrogen-bond donors (Lipinski definition) is 2. The van der Waals surface area contributed by atoms with Gasteiger partial charge in [-0.2, -0.15) is 0 Å². The minimum Gasteiger partial charge on any atom is -0.481 e. The van der Waals surface area contributed by atoms with Crippen LogP contribution in [0.25, 0.3) is 0 Å². The average molecular weight is 381 g/mol. The summed E-state index contributed by atoms with van der Waals surface area (Å²) in [4.78, 5) is 37.6. The highest BCUT2D eigenvalue weighted by Crippen LogP contribution is 2.17. The molecule has 1 saturated heterocycles. The molecule has 0 bridgehead atoms. The Hall–Kier alpha value is -2.84. The van der Waals surface area contributed by atoms with Crippen LogP contribution in [0.1, 0.15) is 26.7 Å². The molecule has 2 N–H and O–H groups in total. The van der Waals surface area contributed by atoms with Crippen LogP contribution in [0, 0.1) is 11.7 Å². The molecule has 9 heteroatoms. The van der Waals surface area contributed by atoms with Crippen molar-refractivity contribution in [2.75, 3.05) is 19.7 Å². The van der Waals surface area contributed by atoms with Crippen LogP contribution in [0.3, 0.4) is 0 Å². The van der Waals surface area contributed by atoms with Crippen molar-refractivity contribution in [1.82, 2.24) is 15.8 Å². The van der Waals surface area contributed by atoms with Gasteiger partial charge in [-0.15, -0.1) is 0 Å². The molecule has 1 aromatic carbocycles. The maximum atomic E-state index is 12.9. The number of nitrogens with zero attached hydrogens (tertiary/aromatic N) is 1. The summed E-state index contributed by atoms with van der Waals surface area (Å²) in [5.41, 5.74) is 4.67. The molecule has 3 amide bonds. The average Bonchev–Trinajstić information content (AvgIpc) is 2.67. The van der Waals surface area contributed by atoms with E-state index in [1.807, 2.05) is 0 Å². The monoisotopic (exact) mass is 381 g/mol. The first-order chi connectivity index (χ1) is 12.9. The molecule has 1 aliphatic rings. The predicted molar refractivity (Wildman–Crippen MR) is 94.1 cm³/mol. The number of nitrogens with one attached hydrogen (secondary N) is 2. The molecular weight excluding hydrogens is 357 g/mol. The lowest BCUT2D eigenvalue weighted by Crippen LogP contribution is -2.52. The van der Waals surface area contributed by atoms with Gasteiger partial charge in [-0.05, 0) is 51.0 Å². The lowest BCUT2D eigenvalue weighted by Gasteiger charge is -2.31. The van der Waals surface area contributed by atoms with Crippen LogP contribution < -0.4 is 15.6 Å². The van der Waals surface area contributed by atoms with E-state index in [2.05, 4.69) is 10.9 Å². The summed E-state index contributed by atoms with van der Waals surface area (Å²) in [5, 5.41) is 0. The van der Waals surface area contributed by atoms with Crippen molar-refractivity contribution in [2.24, 2.45) is 5.92 Å². The summed E-state index contributed by atoms with van der Waals surface area (Å²) in [6, 6.07) is 5.26. The number of hydrazine groups is 1. The summed E-state index contributed by atoms with van der Waals surface area (Å²) >= 11 is 0. The van der Waals surface area contributed by atoms with Gasteiger partial charge >= 0.3 is 6.09 Å². The standard InChI is InChI=1S/C18H24FN3O5/c1-3-26-18(25)22-10-4-5-13(11-22)17(24)21-20-16(23)12(2)27-15-8-6-14(19)7-9-15/h6-9,12-13H,3-5,10-11H2,1-2H3,(H,20,23)(H,21,24)/t12-,13+/m0/s1. The first-order valence-electron chi connectivity index (χ1n) is 8.84. The number of benzene rings is 1. The van der Waals surface area contributed by atoms with Gasteiger partial charge in [0, 0.05) is 13.1 Å². The number of likely N-dealkylation sites (tertiary alicyclic amines) is 1. The number of amides is 3. The minimum atomic E-state index is -0.891. The molecule has 0 spiro atoms. The van der Waals surface area contributed by atoms with E-state index in [9.17, 15) is 18.8 Å². The van der Waals surface area contributed by atoms with Gasteiger partial charge in [-0.25, -0.2) is 9.18 Å². The first kappa shape index (κ1) is 20.5. The summed E-state index contributed by atoms with van der Waals surface area (Å²) in [6.07, 6.45) is -0.0488. The van der Waals surface area contributed by atoms with Crippen molar-refractivity contribution >= 4 is 17.9 Å². The number of carbonyl (C=O) groups is 3. The Balaban J connectivity index is 1.78. The van der Waals surface area contributed by atoms with Gasteiger partial charge in [0.15, 0.2) is 6.10 Å². The second-order valence-corrected chi connectivity index (χ2v) is 6.18. The molecule has 0 aromatic heterocycles. The van der Waals surface area contributed by atoms with Crippen molar-refractivity contribution in [3.63, 3.8) is 0 Å². The van der Waals surface area contributed by atoms with E-state index in [-0.39, 0.29) is 19.1 Å². The third kappa shape index (κ3) is 6.12. The first-order valence-corrected chi connectivity index (χ1v) is 8.84. The van der Waals surface area contributed by atoms with Crippen LogP contribution in [0.4, 0.5) is 9.18 Å². The molecule has 8 nitrogen and oxygen atoms in total. The largest absolute Gasteiger partial charge is 0.481 e. The highest BCUT2D eigenvalue weighted by atomic mass is 19.1. The fraction of sp³-hybridized carbons (Fsp3) is 0.500. The molecule has 2 rings (SSSR count). The number of hydrogen-bond acceptors (Lipinski definition) is 5. The third-order valence-electron chi connectivity index (χ3n) is 4.12. The Kier molecular flexibility index (Phi) is 7.39. The number of piperidine rings is 1. The lowest BCUT2D eigenvalue weighted by molar-refractivity contribution is -0.135. The molecule has 27 heavy (non-hydrogen) atoms. The van der Waals surface area contributed by atoms with Crippen LogP contribution in [0.2, 0.25) is 0 Å². The fourth-order valence-electron chi connectivity index (χ4n) is 2.67. The quantitative estimate of drug-likeness (QED) is 0.756. The molecule has 0 saturated carbocycles. The van der Waals surface area contributed by atoms with Crippen molar-refractivity contribution in [3.05, 3.63) is 30.1 Å². The van der Waals surface area contributed by atoms with Crippen LogP contribution in [-0.4, -0.2) is 48.6 Å². The molecule has 1 heterocycles. The molecule has 148 valence electrons. The smallest absolute Gasteiger partial charge is 0.409 e. The summed E-state index contributed by atoms with van der Waals surface area (Å²) in [6.45, 7) is 4.28. The van der Waals surface area contributed by atoms with Crippen molar-refractivity contribution < 1.29 is 28.2 Å². The number of carbonyl (C=O) groups excluding carboxylic acids is 3. The van der Waals surface area contributed by atoms with E-state index in [1.165, 1.54) is 36.1 Å².